The van der Waals surface area contributed by atoms with E-state index in [1.54, 1.807) is 30.1 Å². The van der Waals surface area contributed by atoms with Gasteiger partial charge in [-0.3, -0.25) is 4.79 Å². The Morgan fingerprint density at radius 1 is 0.966 bits per heavy atom. The van der Waals surface area contributed by atoms with Crippen molar-refractivity contribution in [3.63, 3.8) is 0 Å². The van der Waals surface area contributed by atoms with E-state index in [-0.39, 0.29) is 10.8 Å². The van der Waals surface area contributed by atoms with Crippen LogP contribution in [0.3, 0.4) is 0 Å². The maximum absolute atomic E-state index is 12.9. The summed E-state index contributed by atoms with van der Waals surface area (Å²) < 4.78 is 27.3. The zero-order valence-electron chi connectivity index (χ0n) is 17.3. The van der Waals surface area contributed by atoms with E-state index in [0.29, 0.717) is 25.2 Å². The molecule has 0 spiro atoms. The van der Waals surface area contributed by atoms with Gasteiger partial charge in [0.25, 0.3) is 5.91 Å². The molecule has 2 aromatic carbocycles. The van der Waals surface area contributed by atoms with Crippen molar-refractivity contribution in [2.45, 2.75) is 30.7 Å². The summed E-state index contributed by atoms with van der Waals surface area (Å²) in [6, 6.07) is 14.4. The van der Waals surface area contributed by atoms with Gasteiger partial charge in [-0.25, -0.2) is 8.42 Å². The van der Waals surface area contributed by atoms with Gasteiger partial charge in [0.1, 0.15) is 0 Å². The highest BCUT2D eigenvalue weighted by molar-refractivity contribution is 7.89. The van der Waals surface area contributed by atoms with Crippen molar-refractivity contribution in [3.8, 4) is 0 Å². The third kappa shape index (κ3) is 4.97. The number of rotatable bonds is 6. The van der Waals surface area contributed by atoms with Crippen LogP contribution >= 0.6 is 0 Å². The van der Waals surface area contributed by atoms with Gasteiger partial charge in [-0.05, 0) is 48.7 Å². The summed E-state index contributed by atoms with van der Waals surface area (Å²) in [5.41, 5.74) is 2.50. The lowest BCUT2D eigenvalue weighted by Gasteiger charge is -2.26. The van der Waals surface area contributed by atoms with Gasteiger partial charge in [0.05, 0.1) is 4.90 Å². The molecule has 6 nitrogen and oxygen atoms in total. The molecule has 0 N–H and O–H groups in total. The van der Waals surface area contributed by atoms with Gasteiger partial charge in [0.2, 0.25) is 10.0 Å². The second-order valence-electron chi connectivity index (χ2n) is 7.71. The molecule has 7 heteroatoms. The molecule has 0 unspecified atom stereocenters. The fourth-order valence-electron chi connectivity index (χ4n) is 3.51. The minimum atomic E-state index is -3.56. The summed E-state index contributed by atoms with van der Waals surface area (Å²) >= 11 is 0. The first-order valence-corrected chi connectivity index (χ1v) is 11.3. The predicted octanol–water partition coefficient (Wildman–Crippen LogP) is 3.20. The number of carbonyl (C=O) groups is 1. The highest BCUT2D eigenvalue weighted by atomic mass is 32.2. The van der Waals surface area contributed by atoms with E-state index in [1.165, 1.54) is 10.4 Å². The molecule has 1 fully saturated rings. The number of hydrogen-bond acceptors (Lipinski definition) is 4. The SMILES string of the molecule is CN(Cc1ccc(N(C)C)cc1)C(=O)c1cccc(S(=O)(=O)N2CCCCC2)c1. The number of anilines is 1. The Balaban J connectivity index is 1.74. The van der Waals surface area contributed by atoms with Gasteiger partial charge in [-0.15, -0.1) is 0 Å². The van der Waals surface area contributed by atoms with Crippen LogP contribution < -0.4 is 4.90 Å². The second kappa shape index (κ2) is 8.97. The zero-order chi connectivity index (χ0) is 21.0. The molecule has 1 saturated heterocycles. The van der Waals surface area contributed by atoms with Crippen LogP contribution in [-0.2, 0) is 16.6 Å². The molecule has 0 aromatic heterocycles. The molecule has 1 heterocycles. The highest BCUT2D eigenvalue weighted by Gasteiger charge is 2.26. The minimum Gasteiger partial charge on any atom is -0.378 e. The number of piperidine rings is 1. The summed E-state index contributed by atoms with van der Waals surface area (Å²) in [5.74, 6) is -0.197. The van der Waals surface area contributed by atoms with E-state index < -0.39 is 10.0 Å². The smallest absolute Gasteiger partial charge is 0.253 e. The molecule has 29 heavy (non-hydrogen) atoms. The number of nitrogens with zero attached hydrogens (tertiary/aromatic N) is 3. The van der Waals surface area contributed by atoms with Gasteiger partial charge >= 0.3 is 0 Å². The summed E-state index contributed by atoms with van der Waals surface area (Å²) in [4.78, 5) is 16.7. The third-order valence-corrected chi connectivity index (χ3v) is 7.15. The van der Waals surface area contributed by atoms with Gasteiger partial charge < -0.3 is 9.80 Å². The summed E-state index contributed by atoms with van der Waals surface area (Å²) in [7, 11) is 2.14. The van der Waals surface area contributed by atoms with Crippen molar-refractivity contribution < 1.29 is 13.2 Å². The molecule has 1 aliphatic rings. The fraction of sp³-hybridized carbons (Fsp3) is 0.409. The van der Waals surface area contributed by atoms with Crippen molar-refractivity contribution in [2.75, 3.05) is 39.1 Å². The largest absolute Gasteiger partial charge is 0.378 e. The summed E-state index contributed by atoms with van der Waals surface area (Å²) in [6.45, 7) is 1.54. The van der Waals surface area contributed by atoms with Crippen LogP contribution in [0.1, 0.15) is 35.2 Å². The number of benzene rings is 2. The first-order valence-electron chi connectivity index (χ1n) is 9.91. The Morgan fingerprint density at radius 2 is 1.62 bits per heavy atom. The lowest BCUT2D eigenvalue weighted by Crippen LogP contribution is -2.35. The molecule has 1 amide bonds. The minimum absolute atomic E-state index is 0.189. The Kier molecular flexibility index (Phi) is 6.59. The lowest BCUT2D eigenvalue weighted by molar-refractivity contribution is 0.0785. The maximum Gasteiger partial charge on any atom is 0.253 e. The first kappa shape index (κ1) is 21.3. The molecule has 0 atom stereocenters. The Labute approximate surface area is 173 Å². The Hall–Kier alpha value is -2.38. The van der Waals surface area contributed by atoms with Crippen molar-refractivity contribution in [1.82, 2.24) is 9.21 Å². The van der Waals surface area contributed by atoms with E-state index in [2.05, 4.69) is 0 Å². The topological polar surface area (TPSA) is 60.9 Å². The lowest BCUT2D eigenvalue weighted by atomic mass is 10.1. The number of sulfonamides is 1. The number of carbonyl (C=O) groups excluding carboxylic acids is 1. The van der Waals surface area contributed by atoms with Gasteiger partial charge in [-0.1, -0.05) is 24.6 Å². The maximum atomic E-state index is 12.9. The molecule has 0 saturated carbocycles. The zero-order valence-corrected chi connectivity index (χ0v) is 18.2. The normalized spacial score (nSPS) is 15.1. The molecule has 0 bridgehead atoms. The third-order valence-electron chi connectivity index (χ3n) is 5.25. The fourth-order valence-corrected chi connectivity index (χ4v) is 5.07. The Bertz CT molecular complexity index is 950. The molecule has 1 aliphatic heterocycles. The van der Waals surface area contributed by atoms with Gasteiger partial charge in [0.15, 0.2) is 0 Å². The monoisotopic (exact) mass is 415 g/mol. The molecule has 0 radical (unpaired) electrons. The van der Waals surface area contributed by atoms with Crippen LogP contribution in [0.4, 0.5) is 5.69 Å². The molecular weight excluding hydrogens is 386 g/mol. The van der Waals surface area contributed by atoms with Crippen LogP contribution in [-0.4, -0.2) is 57.8 Å². The standard InChI is InChI=1S/C22H29N3O3S/c1-23(2)20-12-10-18(11-13-20)17-24(3)22(26)19-8-7-9-21(16-19)29(27,28)25-14-5-4-6-15-25/h7-13,16H,4-6,14-15,17H2,1-3H3. The molecule has 2 aromatic rings. The Morgan fingerprint density at radius 3 is 2.24 bits per heavy atom. The average molecular weight is 416 g/mol. The summed E-state index contributed by atoms with van der Waals surface area (Å²) in [5, 5.41) is 0. The van der Waals surface area contributed by atoms with E-state index in [0.717, 1.165) is 30.5 Å². The van der Waals surface area contributed by atoms with Crippen LogP contribution in [0.5, 0.6) is 0 Å². The molecule has 3 rings (SSSR count). The van der Waals surface area contributed by atoms with E-state index >= 15 is 0 Å². The van der Waals surface area contributed by atoms with Crippen LogP contribution in [0, 0.1) is 0 Å². The van der Waals surface area contributed by atoms with Crippen molar-refractivity contribution in [3.05, 3.63) is 59.7 Å². The van der Waals surface area contributed by atoms with Gasteiger partial charge in [0, 0.05) is 52.0 Å². The predicted molar refractivity (Wildman–Crippen MR) is 116 cm³/mol. The number of amides is 1. The average Bonchev–Trinajstić information content (AvgIpc) is 2.74. The molecule has 156 valence electrons. The summed E-state index contributed by atoms with van der Waals surface area (Å²) in [6.07, 6.45) is 2.82. The van der Waals surface area contributed by atoms with Gasteiger partial charge in [-0.2, -0.15) is 4.31 Å². The molecule has 0 aliphatic carbocycles. The van der Waals surface area contributed by atoms with Crippen molar-refractivity contribution in [2.24, 2.45) is 0 Å². The quantitative estimate of drug-likeness (QED) is 0.727. The van der Waals surface area contributed by atoms with E-state index in [4.69, 9.17) is 0 Å². The second-order valence-corrected chi connectivity index (χ2v) is 9.65. The number of hydrogen-bond donors (Lipinski definition) is 0. The van der Waals surface area contributed by atoms with Crippen molar-refractivity contribution >= 4 is 21.6 Å². The van der Waals surface area contributed by atoms with Crippen molar-refractivity contribution in [1.29, 1.82) is 0 Å². The first-order chi connectivity index (χ1) is 13.8. The highest BCUT2D eigenvalue weighted by Crippen LogP contribution is 2.22. The van der Waals surface area contributed by atoms with Crippen LogP contribution in [0.2, 0.25) is 0 Å². The molecular formula is C22H29N3O3S. The van der Waals surface area contributed by atoms with Crippen LogP contribution in [0.25, 0.3) is 0 Å². The van der Waals surface area contributed by atoms with E-state index in [1.807, 2.05) is 43.3 Å². The van der Waals surface area contributed by atoms with E-state index in [9.17, 15) is 13.2 Å². The van der Waals surface area contributed by atoms with Crippen LogP contribution in [0.15, 0.2) is 53.4 Å².